The van der Waals surface area contributed by atoms with Gasteiger partial charge in [-0.2, -0.15) is 0 Å². The Hall–Kier alpha value is -1.27. The van der Waals surface area contributed by atoms with Gasteiger partial charge in [0.05, 0.1) is 24.4 Å². The predicted molar refractivity (Wildman–Crippen MR) is 167 cm³/mol. The van der Waals surface area contributed by atoms with Gasteiger partial charge in [0.2, 0.25) is 0 Å². The molecule has 8 N–H and O–H groups in total. The van der Waals surface area contributed by atoms with E-state index in [1.807, 2.05) is 0 Å². The van der Waals surface area contributed by atoms with E-state index in [1.54, 1.807) is 13.0 Å². The van der Waals surface area contributed by atoms with E-state index < -0.39 is 73.6 Å². The van der Waals surface area contributed by atoms with Crippen molar-refractivity contribution in [3.63, 3.8) is 0 Å². The maximum Gasteiger partial charge on any atom is 0.331 e. The zero-order valence-corrected chi connectivity index (χ0v) is 28.3. The van der Waals surface area contributed by atoms with Gasteiger partial charge in [0, 0.05) is 18.1 Å². The Bertz CT molecular complexity index is 1260. The van der Waals surface area contributed by atoms with Gasteiger partial charge < -0.3 is 64.5 Å². The summed E-state index contributed by atoms with van der Waals surface area (Å²) in [4.78, 5) is 11.9. The highest BCUT2D eigenvalue weighted by molar-refractivity contribution is 5.85. The summed E-state index contributed by atoms with van der Waals surface area (Å²) in [5, 5.41) is 85.8. The van der Waals surface area contributed by atoms with E-state index in [0.29, 0.717) is 32.3 Å². The Kier molecular flexibility index (Phi) is 9.80. The molecule has 0 unspecified atom stereocenters. The molecule has 6 fully saturated rings. The second kappa shape index (κ2) is 13.3. The quantitative estimate of drug-likeness (QED) is 0.121. The van der Waals surface area contributed by atoms with E-state index in [1.165, 1.54) is 0 Å². The minimum Gasteiger partial charge on any atom is -0.458 e. The maximum absolute atomic E-state index is 12.5. The summed E-state index contributed by atoms with van der Waals surface area (Å²) in [6, 6.07) is 0. The molecular formula is C35H54O14. The van der Waals surface area contributed by atoms with Gasteiger partial charge >= 0.3 is 5.97 Å². The molecule has 0 bridgehead atoms. The first-order valence-corrected chi connectivity index (χ1v) is 18.1. The fraction of sp³-hybridized carbons (Fsp3) is 0.914. The van der Waals surface area contributed by atoms with Gasteiger partial charge in [-0.25, -0.2) is 4.79 Å². The van der Waals surface area contributed by atoms with Crippen molar-refractivity contribution in [2.75, 3.05) is 19.8 Å². The van der Waals surface area contributed by atoms with Crippen LogP contribution in [-0.4, -0.2) is 140 Å². The molecule has 278 valence electrons. The van der Waals surface area contributed by atoms with Crippen molar-refractivity contribution in [2.24, 2.45) is 34.5 Å². The van der Waals surface area contributed by atoms with Crippen LogP contribution in [-0.2, 0) is 28.5 Å². The molecule has 0 radical (unpaired) electrons. The molecular weight excluding hydrogens is 644 g/mol. The van der Waals surface area contributed by atoms with E-state index in [0.717, 1.165) is 37.7 Å². The van der Waals surface area contributed by atoms with Crippen LogP contribution in [0.4, 0.5) is 0 Å². The van der Waals surface area contributed by atoms with Crippen LogP contribution in [0.3, 0.4) is 0 Å². The third-order valence-corrected chi connectivity index (χ3v) is 14.2. The van der Waals surface area contributed by atoms with Crippen LogP contribution < -0.4 is 0 Å². The fourth-order valence-corrected chi connectivity index (χ4v) is 11.4. The van der Waals surface area contributed by atoms with Crippen molar-refractivity contribution in [2.45, 2.75) is 145 Å². The van der Waals surface area contributed by atoms with Crippen molar-refractivity contribution in [1.29, 1.82) is 0 Å². The van der Waals surface area contributed by atoms with Crippen LogP contribution in [0.1, 0.15) is 71.6 Å². The Balaban J connectivity index is 0.995. The molecule has 0 aromatic heterocycles. The van der Waals surface area contributed by atoms with Crippen LogP contribution in [0, 0.1) is 34.5 Å². The lowest BCUT2D eigenvalue weighted by atomic mass is 9.43. The number of fused-ring (bicyclic) bond motifs is 5. The van der Waals surface area contributed by atoms with Gasteiger partial charge in [0.1, 0.15) is 49.3 Å². The fourth-order valence-electron chi connectivity index (χ4n) is 11.4. The van der Waals surface area contributed by atoms with Gasteiger partial charge in [-0.1, -0.05) is 6.92 Å². The zero-order chi connectivity index (χ0) is 35.0. The van der Waals surface area contributed by atoms with Gasteiger partial charge in [-0.05, 0) is 99.4 Å². The Morgan fingerprint density at radius 1 is 0.837 bits per heavy atom. The van der Waals surface area contributed by atoms with Crippen molar-refractivity contribution < 1.29 is 69.3 Å². The average molecular weight is 699 g/mol. The van der Waals surface area contributed by atoms with E-state index in [-0.39, 0.29) is 53.2 Å². The first-order valence-electron chi connectivity index (χ1n) is 18.1. The zero-order valence-electron chi connectivity index (χ0n) is 28.3. The lowest BCUT2D eigenvalue weighted by molar-refractivity contribution is -0.360. The summed E-state index contributed by atoms with van der Waals surface area (Å²) in [5.41, 5.74) is -0.641. The molecule has 14 heteroatoms. The van der Waals surface area contributed by atoms with Gasteiger partial charge in [0.25, 0.3) is 0 Å². The summed E-state index contributed by atoms with van der Waals surface area (Å²) >= 11 is 0. The minimum absolute atomic E-state index is 0.0184. The van der Waals surface area contributed by atoms with Crippen LogP contribution in [0.5, 0.6) is 0 Å². The number of cyclic esters (lactones) is 1. The van der Waals surface area contributed by atoms with E-state index >= 15 is 0 Å². The monoisotopic (exact) mass is 698 g/mol. The molecule has 4 saturated carbocycles. The van der Waals surface area contributed by atoms with Crippen molar-refractivity contribution in [1.82, 2.24) is 0 Å². The molecule has 18 atom stereocenters. The lowest BCUT2D eigenvalue weighted by Gasteiger charge is -2.64. The summed E-state index contributed by atoms with van der Waals surface area (Å²) in [6.07, 6.45) is -5.76. The average Bonchev–Trinajstić information content (AvgIpc) is 3.64. The van der Waals surface area contributed by atoms with Gasteiger partial charge in [-0.15, -0.1) is 0 Å². The molecule has 3 aliphatic heterocycles. The minimum atomic E-state index is -1.67. The molecule has 0 spiro atoms. The highest BCUT2D eigenvalue weighted by Crippen LogP contribution is 2.70. The number of rotatable bonds is 7. The summed E-state index contributed by atoms with van der Waals surface area (Å²) in [5.74, 6) is 0.104. The Labute approximate surface area is 285 Å². The van der Waals surface area contributed by atoms with E-state index in [4.69, 9.17) is 23.7 Å². The first kappa shape index (κ1) is 36.1. The summed E-state index contributed by atoms with van der Waals surface area (Å²) in [7, 11) is 0. The molecule has 7 rings (SSSR count). The molecule has 14 nitrogen and oxygen atoms in total. The number of carbonyl (C=O) groups excluding carboxylic acids is 1. The molecule has 4 aliphatic carbocycles. The number of esters is 1. The van der Waals surface area contributed by atoms with Crippen LogP contribution >= 0.6 is 0 Å². The van der Waals surface area contributed by atoms with Crippen LogP contribution in [0.25, 0.3) is 0 Å². The standard InChI is InChI=1S/C35H54O14/c1-16-30(49-32-28(42)26(40)25(39)23(13-36)48-32)27(41)29(43)31(46-16)47-19-5-9-34(15-37)18(12-19)3-4-22-21(34)6-8-33(2)20(7-10-35(22,33)44)17-11-24(38)45-14-17/h11,16,18-23,25-32,36-37,39-44H,3-10,12-15H2,1-2H3/t16-,18+,19+,20-,21-,22-,23-,25-,26+,27+,28-,29-,30+,31+,32+,33-,34-,35+/m1/s1. The third-order valence-electron chi connectivity index (χ3n) is 14.2. The highest BCUT2D eigenvalue weighted by Gasteiger charge is 2.68. The second-order valence-electron chi connectivity index (χ2n) is 16.2. The van der Waals surface area contributed by atoms with E-state index in [9.17, 15) is 45.6 Å². The predicted octanol–water partition coefficient (Wildman–Crippen LogP) is -0.747. The number of aliphatic hydroxyl groups excluding tert-OH is 7. The number of ether oxygens (including phenoxy) is 5. The number of carbonyl (C=O) groups is 1. The highest BCUT2D eigenvalue weighted by atomic mass is 16.7. The maximum atomic E-state index is 12.5. The molecule has 0 aromatic rings. The number of aliphatic hydroxyl groups is 8. The normalized spacial score (nSPS) is 54.4. The molecule has 3 heterocycles. The Morgan fingerprint density at radius 2 is 1.57 bits per heavy atom. The largest absolute Gasteiger partial charge is 0.458 e. The molecule has 7 aliphatic rings. The number of hydrogen-bond donors (Lipinski definition) is 8. The van der Waals surface area contributed by atoms with Crippen molar-refractivity contribution in [3.05, 3.63) is 11.6 Å². The number of hydrogen-bond acceptors (Lipinski definition) is 14. The van der Waals surface area contributed by atoms with Crippen molar-refractivity contribution >= 4 is 5.97 Å². The second-order valence-corrected chi connectivity index (χ2v) is 16.2. The Morgan fingerprint density at radius 3 is 2.27 bits per heavy atom. The molecule has 49 heavy (non-hydrogen) atoms. The van der Waals surface area contributed by atoms with Gasteiger partial charge in [-0.3, -0.25) is 0 Å². The van der Waals surface area contributed by atoms with E-state index in [2.05, 4.69) is 6.92 Å². The first-order chi connectivity index (χ1) is 23.3. The topological polar surface area (TPSA) is 225 Å². The van der Waals surface area contributed by atoms with Crippen molar-refractivity contribution in [3.8, 4) is 0 Å². The smallest absolute Gasteiger partial charge is 0.331 e. The van der Waals surface area contributed by atoms with Crippen LogP contribution in [0.2, 0.25) is 0 Å². The molecule has 0 aromatic carbocycles. The summed E-state index contributed by atoms with van der Waals surface area (Å²) in [6.45, 7) is 3.47. The SMILES string of the molecule is C[C@H]1O[C@@H](O[C@H]2CC[C@@]3(CO)[C@@H](CC[C@@H]4[C@H]3CC[C@]3(C)[C@@H](C5=CC(=O)OC5)CC[C@]43O)C2)[C@H](O)[C@H](O)[C@H]1O[C@@H]1O[C@H](CO)[C@@H](O)[C@H](O)[C@H]1O. The van der Waals surface area contributed by atoms with Crippen LogP contribution in [0.15, 0.2) is 11.6 Å². The molecule has 2 saturated heterocycles. The summed E-state index contributed by atoms with van der Waals surface area (Å²) < 4.78 is 28.7. The lowest BCUT2D eigenvalue weighted by Crippen LogP contribution is -2.64. The third kappa shape index (κ3) is 5.64. The van der Waals surface area contributed by atoms with Gasteiger partial charge in [0.15, 0.2) is 12.6 Å². The molecule has 0 amide bonds.